The average Bonchev–Trinajstić information content (AvgIpc) is 3.51. The van der Waals surface area contributed by atoms with E-state index in [-0.39, 0.29) is 35.7 Å². The zero-order chi connectivity index (χ0) is 26.2. The number of nitrogens with one attached hydrogen (secondary N) is 2. The number of rotatable bonds is 9. The minimum atomic E-state index is -1.17. The molecule has 3 saturated heterocycles. The highest BCUT2D eigenvalue weighted by Crippen LogP contribution is 2.61. The van der Waals surface area contributed by atoms with Crippen LogP contribution in [0.1, 0.15) is 36.9 Å². The van der Waals surface area contributed by atoms with Gasteiger partial charge < -0.3 is 25.4 Å². The molecule has 0 aromatic heterocycles. The van der Waals surface area contributed by atoms with Crippen molar-refractivity contribution in [2.45, 2.75) is 54.9 Å². The molecule has 2 bridgehead atoms. The third-order valence-electron chi connectivity index (χ3n) is 7.83. The summed E-state index contributed by atoms with van der Waals surface area (Å²) in [6, 6.07) is 17.0. The molecule has 0 radical (unpaired) electrons. The molecule has 2 aromatic carbocycles. The summed E-state index contributed by atoms with van der Waals surface area (Å²) in [6.07, 6.45) is 0.669. The van der Waals surface area contributed by atoms with E-state index in [9.17, 15) is 19.5 Å². The van der Waals surface area contributed by atoms with Gasteiger partial charge in [0.2, 0.25) is 17.7 Å². The van der Waals surface area contributed by atoms with Gasteiger partial charge >= 0.3 is 0 Å². The molecule has 7 atom stereocenters. The molecule has 0 aliphatic carbocycles. The molecule has 3 aliphatic heterocycles. The minimum Gasteiger partial charge on any atom is -0.394 e. The highest BCUT2D eigenvalue weighted by Gasteiger charge is 2.77. The van der Waals surface area contributed by atoms with Crippen molar-refractivity contribution in [2.24, 2.45) is 11.8 Å². The van der Waals surface area contributed by atoms with E-state index in [4.69, 9.17) is 4.74 Å². The number of ether oxygens (including phenoxy) is 1. The van der Waals surface area contributed by atoms with E-state index < -0.39 is 35.6 Å². The lowest BCUT2D eigenvalue weighted by molar-refractivity contribution is -0.145. The quantitative estimate of drug-likeness (QED) is 0.402. The second kappa shape index (κ2) is 10.6. The maximum Gasteiger partial charge on any atom is 0.246 e. The third-order valence-corrected chi connectivity index (χ3v) is 8.67. The van der Waals surface area contributed by atoms with Crippen LogP contribution in [0.3, 0.4) is 0 Å². The summed E-state index contributed by atoms with van der Waals surface area (Å²) in [5, 5.41) is 16.4. The first-order valence-electron chi connectivity index (χ1n) is 12.8. The molecule has 9 heteroatoms. The van der Waals surface area contributed by atoms with Crippen LogP contribution in [0.4, 0.5) is 0 Å². The molecule has 0 saturated carbocycles. The van der Waals surface area contributed by atoms with Gasteiger partial charge in [-0.25, -0.2) is 0 Å². The van der Waals surface area contributed by atoms with Gasteiger partial charge in [-0.15, -0.1) is 0 Å². The van der Waals surface area contributed by atoms with Gasteiger partial charge in [-0.2, -0.15) is 0 Å². The number of hydrogen-bond acceptors (Lipinski definition) is 5. The number of halogens is 1. The summed E-state index contributed by atoms with van der Waals surface area (Å²) < 4.78 is 6.51. The maximum atomic E-state index is 14.2. The Kier molecular flexibility index (Phi) is 7.38. The molecular weight excluding hydrogens is 538 g/mol. The zero-order valence-corrected chi connectivity index (χ0v) is 22.3. The summed E-state index contributed by atoms with van der Waals surface area (Å²) in [5.41, 5.74) is 0.467. The van der Waals surface area contributed by atoms with Crippen LogP contribution in [-0.2, 0) is 25.7 Å². The van der Waals surface area contributed by atoms with Crippen LogP contribution < -0.4 is 10.6 Å². The molecule has 196 valence electrons. The SMILES string of the molecule is CCCNC(=O)[C@H]1[C@H]2C(=O)N([C@H](CO)c3ccccc3)C(C(=O)NCc3ccccc3)C23CC(Br)[C@@H]1O3. The first-order chi connectivity index (χ1) is 17.9. The number of hydrogen-bond donors (Lipinski definition) is 3. The van der Waals surface area contributed by atoms with Crippen molar-refractivity contribution in [3.05, 3.63) is 71.8 Å². The van der Waals surface area contributed by atoms with Gasteiger partial charge in [0.1, 0.15) is 11.6 Å². The van der Waals surface area contributed by atoms with Crippen LogP contribution >= 0.6 is 15.9 Å². The Balaban J connectivity index is 1.54. The molecule has 3 aliphatic rings. The number of likely N-dealkylation sites (tertiary alicyclic amines) is 1. The van der Waals surface area contributed by atoms with Crippen molar-refractivity contribution in [1.82, 2.24) is 15.5 Å². The molecule has 3 unspecified atom stereocenters. The summed E-state index contributed by atoms with van der Waals surface area (Å²) in [5.74, 6) is -2.46. The van der Waals surface area contributed by atoms with Gasteiger partial charge in [0, 0.05) is 17.9 Å². The van der Waals surface area contributed by atoms with E-state index in [1.165, 1.54) is 4.90 Å². The van der Waals surface area contributed by atoms with Gasteiger partial charge in [-0.1, -0.05) is 83.5 Å². The van der Waals surface area contributed by atoms with Gasteiger partial charge in [-0.3, -0.25) is 14.4 Å². The highest BCUT2D eigenvalue weighted by atomic mass is 79.9. The number of alkyl halides is 1. The highest BCUT2D eigenvalue weighted by molar-refractivity contribution is 9.09. The number of aliphatic hydroxyl groups excluding tert-OH is 1. The van der Waals surface area contributed by atoms with Crippen molar-refractivity contribution in [3.8, 4) is 0 Å². The monoisotopic (exact) mass is 569 g/mol. The fourth-order valence-corrected chi connectivity index (χ4v) is 7.22. The summed E-state index contributed by atoms with van der Waals surface area (Å²) in [4.78, 5) is 42.7. The number of benzene rings is 2. The second-order valence-electron chi connectivity index (χ2n) is 10.0. The lowest BCUT2D eigenvalue weighted by Gasteiger charge is -2.37. The molecule has 1 spiro atoms. The average molecular weight is 570 g/mol. The molecule has 8 nitrogen and oxygen atoms in total. The molecule has 3 amide bonds. The predicted molar refractivity (Wildman–Crippen MR) is 140 cm³/mol. The summed E-state index contributed by atoms with van der Waals surface area (Å²) in [6.45, 7) is 2.38. The molecule has 5 rings (SSSR count). The molecule has 2 aromatic rings. The Morgan fingerprint density at radius 3 is 2.43 bits per heavy atom. The predicted octanol–water partition coefficient (Wildman–Crippen LogP) is 2.31. The van der Waals surface area contributed by atoms with Crippen molar-refractivity contribution in [3.63, 3.8) is 0 Å². The number of aliphatic hydroxyl groups is 1. The maximum absolute atomic E-state index is 14.2. The summed E-state index contributed by atoms with van der Waals surface area (Å²) in [7, 11) is 0. The summed E-state index contributed by atoms with van der Waals surface area (Å²) >= 11 is 3.68. The third kappa shape index (κ3) is 4.36. The van der Waals surface area contributed by atoms with Crippen molar-refractivity contribution in [2.75, 3.05) is 13.2 Å². The van der Waals surface area contributed by atoms with Crippen LogP contribution in [0.5, 0.6) is 0 Å². The van der Waals surface area contributed by atoms with E-state index in [0.717, 1.165) is 12.0 Å². The molecule has 3 heterocycles. The number of carbonyl (C=O) groups excluding carboxylic acids is 3. The number of carbonyl (C=O) groups is 3. The first-order valence-corrected chi connectivity index (χ1v) is 13.7. The fraction of sp³-hybridized carbons (Fsp3) is 0.464. The standard InChI is InChI=1S/C28H32BrN3O5/c1-2-13-30-25(34)21-22-27(36)32(20(16-33)18-11-7-4-8-12-18)24(28(22)14-19(29)23(21)37-28)26(35)31-15-17-9-5-3-6-10-17/h3-12,19-24,33H,2,13-16H2,1H3,(H,30,34)(H,31,35)/t19?,20-,21+,22+,23+,24?,28?/m1/s1. The fourth-order valence-electron chi connectivity index (χ4n) is 6.28. The lowest BCUT2D eigenvalue weighted by atomic mass is 9.70. The molecule has 3 fully saturated rings. The van der Waals surface area contributed by atoms with Crippen molar-refractivity contribution in [1.29, 1.82) is 0 Å². The van der Waals surface area contributed by atoms with Crippen LogP contribution in [0.15, 0.2) is 60.7 Å². The topological polar surface area (TPSA) is 108 Å². The zero-order valence-electron chi connectivity index (χ0n) is 20.7. The first kappa shape index (κ1) is 25.9. The van der Waals surface area contributed by atoms with Gasteiger partial charge in [0.15, 0.2) is 0 Å². The van der Waals surface area contributed by atoms with Crippen LogP contribution in [0.2, 0.25) is 0 Å². The van der Waals surface area contributed by atoms with E-state index in [2.05, 4.69) is 26.6 Å². The largest absolute Gasteiger partial charge is 0.394 e. The molecular formula is C28H32BrN3O5. The van der Waals surface area contributed by atoms with Crippen molar-refractivity contribution >= 4 is 33.7 Å². The van der Waals surface area contributed by atoms with E-state index in [1.807, 2.05) is 67.6 Å². The van der Waals surface area contributed by atoms with Crippen molar-refractivity contribution < 1.29 is 24.2 Å². The van der Waals surface area contributed by atoms with Crippen LogP contribution in [0.25, 0.3) is 0 Å². The number of fused-ring (bicyclic) bond motifs is 1. The van der Waals surface area contributed by atoms with Crippen LogP contribution in [-0.4, -0.2) is 63.5 Å². The molecule has 3 N–H and O–H groups in total. The molecule has 37 heavy (non-hydrogen) atoms. The van der Waals surface area contributed by atoms with Gasteiger partial charge in [-0.05, 0) is 24.0 Å². The number of amides is 3. The Morgan fingerprint density at radius 1 is 1.11 bits per heavy atom. The Labute approximate surface area is 224 Å². The Morgan fingerprint density at radius 2 is 1.78 bits per heavy atom. The van der Waals surface area contributed by atoms with Gasteiger partial charge in [0.05, 0.1) is 30.6 Å². The minimum absolute atomic E-state index is 0.178. The van der Waals surface area contributed by atoms with Crippen LogP contribution in [0, 0.1) is 11.8 Å². The van der Waals surface area contributed by atoms with Gasteiger partial charge in [0.25, 0.3) is 0 Å². The Hall–Kier alpha value is -2.75. The van der Waals surface area contributed by atoms with E-state index in [0.29, 0.717) is 18.5 Å². The lowest BCUT2D eigenvalue weighted by Crippen LogP contribution is -2.56. The van der Waals surface area contributed by atoms with E-state index in [1.54, 1.807) is 0 Å². The van der Waals surface area contributed by atoms with E-state index >= 15 is 0 Å². The normalized spacial score (nSPS) is 30.7. The smallest absolute Gasteiger partial charge is 0.246 e. The Bertz CT molecular complexity index is 1150. The number of nitrogens with zero attached hydrogens (tertiary/aromatic N) is 1. The second-order valence-corrected chi connectivity index (χ2v) is 11.2.